The Hall–Kier alpha value is -2.08. The number of aromatic nitrogens is 3. The molecule has 0 amide bonds. The number of methoxy groups -OCH3 is 2. The monoisotopic (exact) mass is 267 g/mol. The number of hydrogen-bond acceptors (Lipinski definition) is 5. The van der Waals surface area contributed by atoms with Gasteiger partial charge in [-0.1, -0.05) is 11.6 Å². The van der Waals surface area contributed by atoms with E-state index in [1.165, 1.54) is 25.2 Å². The van der Waals surface area contributed by atoms with Crippen molar-refractivity contribution in [3.63, 3.8) is 0 Å². The lowest BCUT2D eigenvalue weighted by molar-refractivity contribution is 0.111. The van der Waals surface area contributed by atoms with Crippen molar-refractivity contribution in [3.8, 4) is 17.2 Å². The average Bonchev–Trinajstić information content (AvgIpc) is 2.87. The molecule has 6 nitrogen and oxygen atoms in total. The van der Waals surface area contributed by atoms with E-state index in [1.807, 2.05) is 0 Å². The van der Waals surface area contributed by atoms with E-state index in [0.717, 1.165) is 0 Å². The summed E-state index contributed by atoms with van der Waals surface area (Å²) in [6, 6.07) is 3.23. The third-order valence-corrected chi connectivity index (χ3v) is 2.59. The molecule has 1 aromatic carbocycles. The first kappa shape index (κ1) is 12.4. The van der Waals surface area contributed by atoms with Crippen LogP contribution in [0.3, 0.4) is 0 Å². The molecule has 0 N–H and O–H groups in total. The fourth-order valence-electron chi connectivity index (χ4n) is 1.45. The van der Waals surface area contributed by atoms with Gasteiger partial charge in [-0.15, -0.1) is 9.90 Å². The van der Waals surface area contributed by atoms with Gasteiger partial charge in [0.25, 0.3) is 0 Å². The highest BCUT2D eigenvalue weighted by atomic mass is 35.5. The third-order valence-electron chi connectivity index (χ3n) is 2.30. The number of ether oxygens (including phenoxy) is 2. The summed E-state index contributed by atoms with van der Waals surface area (Å²) in [6.07, 6.45) is 1.97. The van der Waals surface area contributed by atoms with Crippen LogP contribution in [0.5, 0.6) is 11.5 Å². The lowest BCUT2D eigenvalue weighted by Gasteiger charge is -2.10. The second-order valence-electron chi connectivity index (χ2n) is 3.34. The summed E-state index contributed by atoms with van der Waals surface area (Å²) in [5.41, 5.74) is 0.762. The second kappa shape index (κ2) is 5.05. The van der Waals surface area contributed by atoms with Gasteiger partial charge in [0.15, 0.2) is 6.29 Å². The van der Waals surface area contributed by atoms with Gasteiger partial charge in [0.05, 0.1) is 25.4 Å². The number of aldehydes is 1. The van der Waals surface area contributed by atoms with Crippen LogP contribution >= 0.6 is 11.6 Å². The van der Waals surface area contributed by atoms with Crippen LogP contribution in [-0.2, 0) is 0 Å². The fraction of sp³-hybridized carbons (Fsp3) is 0.182. The number of rotatable bonds is 4. The van der Waals surface area contributed by atoms with Gasteiger partial charge in [-0.3, -0.25) is 4.79 Å². The van der Waals surface area contributed by atoms with Gasteiger partial charge in [-0.2, -0.15) is 5.10 Å². The first-order valence-corrected chi connectivity index (χ1v) is 5.36. The van der Waals surface area contributed by atoms with Crippen molar-refractivity contribution in [1.29, 1.82) is 0 Å². The topological polar surface area (TPSA) is 66.2 Å². The van der Waals surface area contributed by atoms with Crippen LogP contribution in [0.1, 0.15) is 10.5 Å². The number of halogens is 1. The molecule has 7 heteroatoms. The zero-order valence-electron chi connectivity index (χ0n) is 9.75. The molecule has 1 heterocycles. The Balaban J connectivity index is 2.57. The van der Waals surface area contributed by atoms with Crippen molar-refractivity contribution in [1.82, 2.24) is 15.0 Å². The van der Waals surface area contributed by atoms with Crippen molar-refractivity contribution in [2.24, 2.45) is 0 Å². The zero-order valence-corrected chi connectivity index (χ0v) is 10.5. The van der Waals surface area contributed by atoms with E-state index < -0.39 is 0 Å². The average molecular weight is 268 g/mol. The van der Waals surface area contributed by atoms with Crippen LogP contribution in [0.25, 0.3) is 5.69 Å². The van der Waals surface area contributed by atoms with Crippen molar-refractivity contribution in [2.45, 2.75) is 0 Å². The van der Waals surface area contributed by atoms with E-state index in [1.54, 1.807) is 12.1 Å². The summed E-state index contributed by atoms with van der Waals surface area (Å²) in [5, 5.41) is 8.36. The minimum atomic E-state index is 0.228. The molecular formula is C11H10ClN3O3. The maximum Gasteiger partial charge on any atom is 0.171 e. The zero-order chi connectivity index (χ0) is 13.1. The molecule has 0 spiro atoms. The number of hydrogen-bond donors (Lipinski definition) is 0. The predicted molar refractivity (Wildman–Crippen MR) is 64.9 cm³/mol. The second-order valence-corrected chi connectivity index (χ2v) is 3.74. The fourth-order valence-corrected chi connectivity index (χ4v) is 1.68. The Kier molecular flexibility index (Phi) is 3.47. The highest BCUT2D eigenvalue weighted by molar-refractivity contribution is 6.32. The Morgan fingerprint density at radius 3 is 2.56 bits per heavy atom. The van der Waals surface area contributed by atoms with Crippen LogP contribution < -0.4 is 9.47 Å². The number of carbonyl (C=O) groups is 1. The standard InChI is InChI=1S/C11H10ClN3O3/c1-17-10-4-9(11(18-2)3-8(10)12)15-13-5-7(6-16)14-15/h3-6H,1-2H3. The van der Waals surface area contributed by atoms with Crippen LogP contribution in [0.15, 0.2) is 18.3 Å². The summed E-state index contributed by atoms with van der Waals surface area (Å²) in [7, 11) is 3.01. The molecule has 2 rings (SSSR count). The molecule has 0 saturated carbocycles. The van der Waals surface area contributed by atoms with E-state index in [9.17, 15) is 4.79 Å². The van der Waals surface area contributed by atoms with E-state index in [4.69, 9.17) is 21.1 Å². The molecule has 0 unspecified atom stereocenters. The van der Waals surface area contributed by atoms with Crippen LogP contribution in [0, 0.1) is 0 Å². The van der Waals surface area contributed by atoms with Crippen molar-refractivity contribution in [2.75, 3.05) is 14.2 Å². The molecule has 0 atom stereocenters. The molecule has 0 radical (unpaired) electrons. The Bertz CT molecular complexity index is 583. The SMILES string of the molecule is COc1cc(-n2ncc(C=O)n2)c(OC)cc1Cl. The first-order chi connectivity index (χ1) is 8.69. The van der Waals surface area contributed by atoms with Crippen LogP contribution in [0.2, 0.25) is 5.02 Å². The summed E-state index contributed by atoms with van der Waals surface area (Å²) in [4.78, 5) is 11.9. The maximum atomic E-state index is 10.6. The van der Waals surface area contributed by atoms with Gasteiger partial charge in [-0.05, 0) is 0 Å². The molecular weight excluding hydrogens is 258 g/mol. The Morgan fingerprint density at radius 2 is 2.00 bits per heavy atom. The van der Waals surface area contributed by atoms with Crippen molar-refractivity contribution in [3.05, 3.63) is 29.0 Å². The summed E-state index contributed by atoms with van der Waals surface area (Å²) in [5.74, 6) is 0.950. The molecule has 2 aromatic rings. The highest BCUT2D eigenvalue weighted by Gasteiger charge is 2.13. The van der Waals surface area contributed by atoms with Crippen molar-refractivity contribution < 1.29 is 14.3 Å². The van der Waals surface area contributed by atoms with Gasteiger partial charge >= 0.3 is 0 Å². The van der Waals surface area contributed by atoms with Gasteiger partial charge in [0, 0.05) is 12.1 Å². The molecule has 18 heavy (non-hydrogen) atoms. The predicted octanol–water partition coefficient (Wildman–Crippen LogP) is 1.75. The Labute approximate surface area is 108 Å². The smallest absolute Gasteiger partial charge is 0.171 e. The minimum absolute atomic E-state index is 0.228. The van der Waals surface area contributed by atoms with E-state index in [0.29, 0.717) is 28.5 Å². The molecule has 0 aliphatic carbocycles. The summed E-state index contributed by atoms with van der Waals surface area (Å²) in [6.45, 7) is 0. The lowest BCUT2D eigenvalue weighted by atomic mass is 10.3. The highest BCUT2D eigenvalue weighted by Crippen LogP contribution is 2.33. The maximum absolute atomic E-state index is 10.6. The lowest BCUT2D eigenvalue weighted by Crippen LogP contribution is -2.03. The summed E-state index contributed by atoms with van der Waals surface area (Å²) < 4.78 is 10.3. The van der Waals surface area contributed by atoms with Gasteiger partial charge in [-0.25, -0.2) is 0 Å². The number of nitrogens with zero attached hydrogens (tertiary/aromatic N) is 3. The van der Waals surface area contributed by atoms with E-state index >= 15 is 0 Å². The van der Waals surface area contributed by atoms with Crippen LogP contribution in [0.4, 0.5) is 0 Å². The number of carbonyl (C=O) groups excluding carboxylic acids is 1. The van der Waals surface area contributed by atoms with E-state index in [2.05, 4.69) is 10.2 Å². The molecule has 0 bridgehead atoms. The minimum Gasteiger partial charge on any atom is -0.495 e. The van der Waals surface area contributed by atoms with Gasteiger partial charge < -0.3 is 9.47 Å². The molecule has 0 aliphatic rings. The molecule has 0 saturated heterocycles. The molecule has 0 fully saturated rings. The quantitative estimate of drug-likeness (QED) is 0.790. The Morgan fingerprint density at radius 1 is 1.28 bits per heavy atom. The van der Waals surface area contributed by atoms with Crippen molar-refractivity contribution >= 4 is 17.9 Å². The first-order valence-electron chi connectivity index (χ1n) is 4.99. The van der Waals surface area contributed by atoms with E-state index in [-0.39, 0.29) is 5.69 Å². The van der Waals surface area contributed by atoms with Crippen LogP contribution in [-0.4, -0.2) is 35.5 Å². The third kappa shape index (κ3) is 2.14. The molecule has 1 aromatic heterocycles. The molecule has 0 aliphatic heterocycles. The number of benzene rings is 1. The van der Waals surface area contributed by atoms with Gasteiger partial charge in [0.1, 0.15) is 22.9 Å². The molecule has 94 valence electrons. The largest absolute Gasteiger partial charge is 0.495 e. The normalized spacial score (nSPS) is 10.2. The summed E-state index contributed by atoms with van der Waals surface area (Å²) >= 11 is 5.99. The van der Waals surface area contributed by atoms with Gasteiger partial charge in [0.2, 0.25) is 0 Å².